The van der Waals surface area contributed by atoms with E-state index in [1.165, 1.54) is 0 Å². The Morgan fingerprint density at radius 1 is 0.842 bits per heavy atom. The Hall–Kier alpha value is -1.51. The first kappa shape index (κ1) is 15.6. The fourth-order valence-electron chi connectivity index (χ4n) is 1.63. The minimum Gasteiger partial charge on any atom is -0.497 e. The summed E-state index contributed by atoms with van der Waals surface area (Å²) in [5.41, 5.74) is 0. The van der Waals surface area contributed by atoms with Crippen LogP contribution in [0, 0.1) is 0 Å². The molecule has 0 aromatic heterocycles. The van der Waals surface area contributed by atoms with Gasteiger partial charge in [-0.05, 0) is 12.1 Å². The molecule has 0 saturated carbocycles. The first-order valence-corrected chi connectivity index (χ1v) is 6.81. The highest BCUT2D eigenvalue weighted by atomic mass is 31.1. The zero-order valence-corrected chi connectivity index (χ0v) is 11.8. The van der Waals surface area contributed by atoms with Crippen LogP contribution in [-0.4, -0.2) is 27.5 Å². The Balaban J connectivity index is 0.00000180. The van der Waals surface area contributed by atoms with Gasteiger partial charge >= 0.3 is 0 Å². The summed E-state index contributed by atoms with van der Waals surface area (Å²) in [4.78, 5) is 10.4. The summed E-state index contributed by atoms with van der Waals surface area (Å²) < 4.78 is 10.4. The van der Waals surface area contributed by atoms with Crippen molar-refractivity contribution in [1.29, 1.82) is 0 Å². The van der Waals surface area contributed by atoms with Crippen molar-refractivity contribution >= 4 is 27.2 Å². The second-order valence-electron chi connectivity index (χ2n) is 3.72. The summed E-state index contributed by atoms with van der Waals surface area (Å²) >= 11 is 0. The quantitative estimate of drug-likeness (QED) is 0.680. The van der Waals surface area contributed by atoms with Crippen molar-refractivity contribution in [3.8, 4) is 11.5 Å². The third-order valence-electron chi connectivity index (χ3n) is 2.58. The van der Waals surface area contributed by atoms with E-state index in [9.17, 15) is 4.89 Å². The topological polar surface area (TPSA) is 38.7 Å². The minimum absolute atomic E-state index is 0. The molecule has 1 unspecified atom stereocenters. The summed E-state index contributed by atoms with van der Waals surface area (Å²) in [5.74, 6) is 1.36. The number of benzene rings is 2. The van der Waals surface area contributed by atoms with Crippen molar-refractivity contribution in [2.75, 3.05) is 14.2 Å². The fraction of sp³-hybridized carbons (Fsp3) is 0.143. The standard InChI is InChI=1S/C14H15O3P.B/c1-16-11-8-12(17-2)10-14(9-11)18(15)13-6-4-3-5-7-13;/h3-10,15H,1-2H3;. The highest BCUT2D eigenvalue weighted by molar-refractivity contribution is 7.67. The smallest absolute Gasteiger partial charge is 0.123 e. The lowest BCUT2D eigenvalue weighted by Gasteiger charge is -2.13. The van der Waals surface area contributed by atoms with Crippen molar-refractivity contribution in [2.24, 2.45) is 0 Å². The molecule has 0 fully saturated rings. The van der Waals surface area contributed by atoms with Gasteiger partial charge in [0.25, 0.3) is 0 Å². The maximum Gasteiger partial charge on any atom is 0.123 e. The second kappa shape index (κ2) is 7.17. The first-order valence-electron chi connectivity index (χ1n) is 5.51. The van der Waals surface area contributed by atoms with Crippen LogP contribution in [0.5, 0.6) is 11.5 Å². The van der Waals surface area contributed by atoms with E-state index in [1.807, 2.05) is 42.5 Å². The molecule has 3 nitrogen and oxygen atoms in total. The van der Waals surface area contributed by atoms with Gasteiger partial charge in [0.2, 0.25) is 0 Å². The van der Waals surface area contributed by atoms with Crippen molar-refractivity contribution in [1.82, 2.24) is 0 Å². The molecule has 0 spiro atoms. The molecule has 0 aliphatic rings. The molecule has 1 atom stereocenters. The average Bonchev–Trinajstić information content (AvgIpc) is 2.46. The third-order valence-corrected chi connectivity index (χ3v) is 4.12. The molecule has 2 aromatic rings. The van der Waals surface area contributed by atoms with E-state index in [2.05, 4.69) is 0 Å². The number of rotatable bonds is 4. The van der Waals surface area contributed by atoms with E-state index in [4.69, 9.17) is 9.47 Å². The minimum atomic E-state index is -1.37. The van der Waals surface area contributed by atoms with E-state index in [0.29, 0.717) is 11.5 Å². The van der Waals surface area contributed by atoms with Gasteiger partial charge in [-0.2, -0.15) is 0 Å². The normalized spacial score (nSPS) is 11.3. The molecule has 1 N–H and O–H groups in total. The lowest BCUT2D eigenvalue weighted by Crippen LogP contribution is -2.11. The van der Waals surface area contributed by atoms with Crippen LogP contribution in [0.25, 0.3) is 0 Å². The Kier molecular flexibility index (Phi) is 5.87. The van der Waals surface area contributed by atoms with Crippen molar-refractivity contribution in [2.45, 2.75) is 0 Å². The molecular formula is C14H15BO3P. The van der Waals surface area contributed by atoms with Crippen LogP contribution >= 0.6 is 8.15 Å². The molecule has 97 valence electrons. The lowest BCUT2D eigenvalue weighted by molar-refractivity contribution is 0.395. The van der Waals surface area contributed by atoms with Gasteiger partial charge in [0.05, 0.1) is 22.4 Å². The van der Waals surface area contributed by atoms with E-state index in [-0.39, 0.29) is 8.41 Å². The molecule has 0 aliphatic heterocycles. The predicted molar refractivity (Wildman–Crippen MR) is 80.1 cm³/mol. The molecular weight excluding hydrogens is 258 g/mol. The number of methoxy groups -OCH3 is 2. The lowest BCUT2D eigenvalue weighted by atomic mass is 10.3. The molecule has 0 heterocycles. The summed E-state index contributed by atoms with van der Waals surface area (Å²) in [6, 6.07) is 15.0. The second-order valence-corrected chi connectivity index (χ2v) is 5.37. The van der Waals surface area contributed by atoms with E-state index >= 15 is 0 Å². The number of hydrogen-bond donors (Lipinski definition) is 1. The van der Waals surface area contributed by atoms with Crippen LogP contribution in [-0.2, 0) is 0 Å². The average molecular weight is 273 g/mol. The molecule has 2 aromatic carbocycles. The van der Waals surface area contributed by atoms with Gasteiger partial charge in [-0.25, -0.2) is 0 Å². The van der Waals surface area contributed by atoms with Gasteiger partial charge in [0, 0.05) is 25.1 Å². The molecule has 0 bridgehead atoms. The Morgan fingerprint density at radius 3 is 1.84 bits per heavy atom. The molecule has 0 amide bonds. The van der Waals surface area contributed by atoms with Crippen molar-refractivity contribution in [3.05, 3.63) is 48.5 Å². The van der Waals surface area contributed by atoms with Crippen LogP contribution in [0.1, 0.15) is 0 Å². The molecule has 0 aliphatic carbocycles. The summed E-state index contributed by atoms with van der Waals surface area (Å²) in [7, 11) is 1.82. The largest absolute Gasteiger partial charge is 0.497 e. The molecule has 19 heavy (non-hydrogen) atoms. The van der Waals surface area contributed by atoms with Crippen molar-refractivity contribution < 1.29 is 14.4 Å². The first-order chi connectivity index (χ1) is 8.74. The molecule has 3 radical (unpaired) electrons. The predicted octanol–water partition coefficient (Wildman–Crippen LogP) is 1.66. The maximum absolute atomic E-state index is 10.4. The highest BCUT2D eigenvalue weighted by Crippen LogP contribution is 2.31. The van der Waals surface area contributed by atoms with Gasteiger partial charge in [-0.3, -0.25) is 0 Å². The third kappa shape index (κ3) is 3.73. The fourth-order valence-corrected chi connectivity index (χ4v) is 2.88. The van der Waals surface area contributed by atoms with Crippen molar-refractivity contribution in [3.63, 3.8) is 0 Å². The maximum atomic E-state index is 10.4. The van der Waals surface area contributed by atoms with E-state index in [0.717, 1.165) is 10.6 Å². The number of ether oxygens (including phenoxy) is 2. The molecule has 5 heteroatoms. The van der Waals surface area contributed by atoms with Gasteiger partial charge < -0.3 is 14.4 Å². The Labute approximate surface area is 116 Å². The van der Waals surface area contributed by atoms with E-state index < -0.39 is 8.15 Å². The Bertz CT molecular complexity index is 497. The van der Waals surface area contributed by atoms with Crippen LogP contribution in [0.15, 0.2) is 48.5 Å². The zero-order valence-electron chi connectivity index (χ0n) is 10.9. The van der Waals surface area contributed by atoms with Gasteiger partial charge in [-0.1, -0.05) is 30.3 Å². The zero-order chi connectivity index (χ0) is 13.0. The van der Waals surface area contributed by atoms with Gasteiger partial charge in [-0.15, -0.1) is 0 Å². The van der Waals surface area contributed by atoms with Crippen LogP contribution < -0.4 is 20.1 Å². The van der Waals surface area contributed by atoms with Gasteiger partial charge in [0.1, 0.15) is 11.5 Å². The highest BCUT2D eigenvalue weighted by Gasteiger charge is 2.13. The molecule has 0 saturated heterocycles. The number of hydrogen-bond acceptors (Lipinski definition) is 3. The van der Waals surface area contributed by atoms with E-state index in [1.54, 1.807) is 20.3 Å². The van der Waals surface area contributed by atoms with Crippen LogP contribution in [0.3, 0.4) is 0 Å². The Morgan fingerprint density at radius 2 is 1.37 bits per heavy atom. The van der Waals surface area contributed by atoms with Crippen LogP contribution in [0.2, 0.25) is 0 Å². The summed E-state index contributed by atoms with van der Waals surface area (Å²) in [5, 5.41) is 1.72. The van der Waals surface area contributed by atoms with Crippen LogP contribution in [0.4, 0.5) is 0 Å². The SMILES string of the molecule is COc1cc(OC)cc(P(O)c2ccccc2)c1.[B]. The molecule has 2 rings (SSSR count). The summed E-state index contributed by atoms with van der Waals surface area (Å²) in [6.07, 6.45) is 0. The summed E-state index contributed by atoms with van der Waals surface area (Å²) in [6.45, 7) is 0. The van der Waals surface area contributed by atoms with Gasteiger partial charge in [0.15, 0.2) is 0 Å². The monoisotopic (exact) mass is 273 g/mol.